The molecule has 1 N–H and O–H groups in total. The zero-order chi connectivity index (χ0) is 22.4. The largest absolute Gasteiger partial charge is 0.309 e. The van der Waals surface area contributed by atoms with Gasteiger partial charge < -0.3 is 4.98 Å². The number of nitrogens with zero attached hydrogens (tertiary/aromatic N) is 3. The molecule has 0 spiro atoms. The number of rotatable bonds is 5. The Labute approximate surface area is 194 Å². The number of fused-ring (bicyclic) bond motifs is 4. The summed E-state index contributed by atoms with van der Waals surface area (Å²) < 4.78 is 1.75. The van der Waals surface area contributed by atoms with Crippen molar-refractivity contribution in [3.63, 3.8) is 0 Å². The van der Waals surface area contributed by atoms with Gasteiger partial charge in [0.05, 0.1) is 22.0 Å². The van der Waals surface area contributed by atoms with Gasteiger partial charge in [0, 0.05) is 11.4 Å². The number of aromatic amines is 1. The lowest BCUT2D eigenvalue weighted by Crippen LogP contribution is -2.25. The van der Waals surface area contributed by atoms with Crippen LogP contribution in [-0.4, -0.2) is 19.5 Å². The summed E-state index contributed by atoms with van der Waals surface area (Å²) in [5.41, 5.74) is 1.81. The van der Waals surface area contributed by atoms with Gasteiger partial charge in [0.2, 0.25) is 0 Å². The molecule has 1 aromatic carbocycles. The molecule has 1 aliphatic carbocycles. The van der Waals surface area contributed by atoms with Crippen molar-refractivity contribution in [3.8, 4) is 0 Å². The van der Waals surface area contributed by atoms with Crippen LogP contribution in [0.25, 0.3) is 21.1 Å². The van der Waals surface area contributed by atoms with E-state index in [1.54, 1.807) is 15.9 Å². The van der Waals surface area contributed by atoms with E-state index in [1.807, 2.05) is 24.3 Å². The third-order valence-electron chi connectivity index (χ3n) is 5.93. The number of benzene rings is 1. The monoisotopic (exact) mass is 466 g/mol. The summed E-state index contributed by atoms with van der Waals surface area (Å²) >= 11 is 3.11. The van der Waals surface area contributed by atoms with Crippen molar-refractivity contribution in [2.75, 3.05) is 0 Å². The minimum atomic E-state index is -0.0521. The molecular weight excluding hydrogens is 440 g/mol. The summed E-state index contributed by atoms with van der Waals surface area (Å²) in [6.45, 7) is 7.03. The number of thioether (sulfide) groups is 1. The Balaban J connectivity index is 1.50. The highest BCUT2D eigenvalue weighted by atomic mass is 32.2. The third kappa shape index (κ3) is 3.90. The van der Waals surface area contributed by atoms with Crippen molar-refractivity contribution in [1.82, 2.24) is 19.5 Å². The van der Waals surface area contributed by atoms with E-state index in [-0.39, 0.29) is 11.1 Å². The van der Waals surface area contributed by atoms with Gasteiger partial charge in [-0.05, 0) is 48.8 Å². The molecule has 0 saturated carbocycles. The number of nitrogens with one attached hydrogen (secondary N) is 1. The van der Waals surface area contributed by atoms with Crippen molar-refractivity contribution < 1.29 is 0 Å². The molecule has 0 fully saturated rings. The topological polar surface area (TPSA) is 80.6 Å². The van der Waals surface area contributed by atoms with E-state index in [2.05, 4.69) is 25.8 Å². The molecule has 8 heteroatoms. The molecule has 3 heterocycles. The van der Waals surface area contributed by atoms with Crippen molar-refractivity contribution in [2.45, 2.75) is 57.5 Å². The lowest BCUT2D eigenvalue weighted by Gasteiger charge is -2.17. The average Bonchev–Trinajstić information content (AvgIpc) is 3.12. The van der Waals surface area contributed by atoms with Crippen LogP contribution in [0.1, 0.15) is 43.5 Å². The maximum atomic E-state index is 13.1. The molecule has 0 radical (unpaired) electrons. The predicted octanol–water partition coefficient (Wildman–Crippen LogP) is 4.77. The lowest BCUT2D eigenvalue weighted by molar-refractivity contribution is 0.475. The van der Waals surface area contributed by atoms with E-state index < -0.39 is 0 Å². The first-order valence-corrected chi connectivity index (χ1v) is 12.9. The normalized spacial score (nSPS) is 16.2. The predicted molar refractivity (Wildman–Crippen MR) is 132 cm³/mol. The zero-order valence-corrected chi connectivity index (χ0v) is 20.1. The molecule has 1 aliphatic rings. The fourth-order valence-corrected chi connectivity index (χ4v) is 6.66. The van der Waals surface area contributed by atoms with Crippen LogP contribution in [0.2, 0.25) is 0 Å². The summed E-state index contributed by atoms with van der Waals surface area (Å²) in [4.78, 5) is 40.7. The molecule has 1 atom stereocenters. The molecular formula is C24H26N4O2S2. The third-order valence-corrected chi connectivity index (χ3v) is 8.06. The highest BCUT2D eigenvalue weighted by Crippen LogP contribution is 2.35. The zero-order valence-electron chi connectivity index (χ0n) is 18.5. The number of hydrogen-bond donors (Lipinski definition) is 1. The van der Waals surface area contributed by atoms with E-state index in [4.69, 9.17) is 9.97 Å². The Morgan fingerprint density at radius 3 is 2.88 bits per heavy atom. The minimum absolute atomic E-state index is 0.0243. The van der Waals surface area contributed by atoms with Gasteiger partial charge in [-0.25, -0.2) is 9.97 Å². The average molecular weight is 467 g/mol. The van der Waals surface area contributed by atoms with Crippen LogP contribution in [0.4, 0.5) is 0 Å². The number of H-pyrrole nitrogens is 1. The number of hydrogen-bond acceptors (Lipinski definition) is 6. The van der Waals surface area contributed by atoms with Gasteiger partial charge >= 0.3 is 0 Å². The minimum Gasteiger partial charge on any atom is -0.309 e. The molecule has 32 heavy (non-hydrogen) atoms. The van der Waals surface area contributed by atoms with Gasteiger partial charge in [-0.2, -0.15) is 0 Å². The lowest BCUT2D eigenvalue weighted by atomic mass is 9.89. The Hall–Kier alpha value is -2.45. The van der Waals surface area contributed by atoms with E-state index in [9.17, 15) is 9.59 Å². The van der Waals surface area contributed by atoms with Crippen molar-refractivity contribution >= 4 is 44.2 Å². The molecule has 0 amide bonds. The van der Waals surface area contributed by atoms with E-state index in [0.29, 0.717) is 46.0 Å². The van der Waals surface area contributed by atoms with E-state index in [0.717, 1.165) is 29.5 Å². The smallest absolute Gasteiger partial charge is 0.262 e. The first-order valence-electron chi connectivity index (χ1n) is 11.1. The van der Waals surface area contributed by atoms with Crippen LogP contribution < -0.4 is 11.1 Å². The molecule has 3 aromatic heterocycles. The van der Waals surface area contributed by atoms with Gasteiger partial charge in [-0.1, -0.05) is 44.7 Å². The second kappa shape index (κ2) is 8.48. The number of thiophene rings is 1. The standard InChI is InChI=1S/C24H26N4O2S2/c1-13(2)11-28-23(30)15-6-4-5-7-17(15)25-24(28)31-12-19-26-21(29)20-16-9-8-14(3)10-18(16)32-22(20)27-19/h4-7,13-14H,8-12H2,1-3H3,(H,26,27,29). The quantitative estimate of drug-likeness (QED) is 0.339. The Bertz CT molecular complexity index is 1430. The number of para-hydroxylation sites is 1. The summed E-state index contributed by atoms with van der Waals surface area (Å²) in [6, 6.07) is 7.44. The molecule has 0 bridgehead atoms. The highest BCUT2D eigenvalue weighted by Gasteiger charge is 2.23. The molecule has 6 nitrogen and oxygen atoms in total. The molecule has 0 saturated heterocycles. The maximum absolute atomic E-state index is 13.1. The van der Waals surface area contributed by atoms with Gasteiger partial charge in [0.1, 0.15) is 10.7 Å². The summed E-state index contributed by atoms with van der Waals surface area (Å²) in [5.74, 6) is 2.04. The Morgan fingerprint density at radius 2 is 2.06 bits per heavy atom. The molecule has 4 aromatic rings. The van der Waals surface area contributed by atoms with E-state index >= 15 is 0 Å². The van der Waals surface area contributed by atoms with Gasteiger partial charge in [-0.15, -0.1) is 11.3 Å². The Kier molecular flexibility index (Phi) is 5.67. The number of aryl methyl sites for hydroxylation is 1. The maximum Gasteiger partial charge on any atom is 0.262 e. The van der Waals surface area contributed by atoms with Gasteiger partial charge in [-0.3, -0.25) is 14.2 Å². The van der Waals surface area contributed by atoms with Crippen LogP contribution in [-0.2, 0) is 25.1 Å². The first-order chi connectivity index (χ1) is 15.4. The molecule has 1 unspecified atom stereocenters. The highest BCUT2D eigenvalue weighted by molar-refractivity contribution is 7.98. The summed E-state index contributed by atoms with van der Waals surface area (Å²) in [7, 11) is 0. The fraction of sp³-hybridized carbons (Fsp3) is 0.417. The molecule has 0 aliphatic heterocycles. The van der Waals surface area contributed by atoms with Crippen LogP contribution >= 0.6 is 23.1 Å². The SMILES string of the molecule is CC(C)Cn1c(SCc2nc3sc4c(c3c(=O)[nH]2)CCC(C)C4)nc2ccccc2c1=O. The summed E-state index contributed by atoms with van der Waals surface area (Å²) in [5, 5.41) is 2.06. The van der Waals surface area contributed by atoms with Crippen LogP contribution in [0.5, 0.6) is 0 Å². The number of aromatic nitrogens is 4. The van der Waals surface area contributed by atoms with Crippen molar-refractivity contribution in [2.24, 2.45) is 11.8 Å². The second-order valence-corrected chi connectivity index (χ2v) is 11.1. The van der Waals surface area contributed by atoms with Crippen LogP contribution in [0, 0.1) is 11.8 Å². The van der Waals surface area contributed by atoms with Crippen molar-refractivity contribution in [3.05, 3.63) is 61.2 Å². The fourth-order valence-electron chi connectivity index (χ4n) is 4.38. The van der Waals surface area contributed by atoms with E-state index in [1.165, 1.54) is 22.2 Å². The van der Waals surface area contributed by atoms with Crippen LogP contribution in [0.15, 0.2) is 39.0 Å². The van der Waals surface area contributed by atoms with Crippen molar-refractivity contribution in [1.29, 1.82) is 0 Å². The van der Waals surface area contributed by atoms with Gasteiger partial charge in [0.15, 0.2) is 5.16 Å². The molecule has 166 valence electrons. The molecule has 5 rings (SSSR count). The summed E-state index contributed by atoms with van der Waals surface area (Å²) in [6.07, 6.45) is 3.11. The first kappa shape index (κ1) is 21.4. The second-order valence-electron chi connectivity index (χ2n) is 9.05. The Morgan fingerprint density at radius 1 is 1.25 bits per heavy atom. The van der Waals surface area contributed by atoms with Crippen LogP contribution in [0.3, 0.4) is 0 Å². The van der Waals surface area contributed by atoms with Gasteiger partial charge in [0.25, 0.3) is 11.1 Å².